The molecule has 2 N–H and O–H groups in total. The number of aryl methyl sites for hydroxylation is 2. The highest BCUT2D eigenvalue weighted by molar-refractivity contribution is 7.09. The molecule has 0 amide bonds. The lowest BCUT2D eigenvalue weighted by atomic mass is 9.91. The molecule has 1 saturated heterocycles. The molecule has 2 unspecified atom stereocenters. The maximum Gasteiger partial charge on any atom is 0.0369 e. The van der Waals surface area contributed by atoms with E-state index in [2.05, 4.69) is 54.5 Å². The summed E-state index contributed by atoms with van der Waals surface area (Å²) in [5.74, 6) is 0.661. The van der Waals surface area contributed by atoms with Crippen molar-refractivity contribution in [3.63, 3.8) is 0 Å². The normalized spacial score (nSPS) is 22.5. The third-order valence-electron chi connectivity index (χ3n) is 4.50. The molecule has 2 aromatic rings. The molecule has 1 aliphatic rings. The molecule has 2 atom stereocenters. The monoisotopic (exact) mass is 300 g/mol. The Balaban J connectivity index is 1.74. The van der Waals surface area contributed by atoms with Crippen LogP contribution in [-0.4, -0.2) is 19.1 Å². The van der Waals surface area contributed by atoms with Crippen LogP contribution >= 0.6 is 11.3 Å². The molecule has 21 heavy (non-hydrogen) atoms. The molecule has 1 aromatic carbocycles. The van der Waals surface area contributed by atoms with Crippen molar-refractivity contribution >= 4 is 17.0 Å². The van der Waals surface area contributed by atoms with Gasteiger partial charge in [-0.2, -0.15) is 0 Å². The molecule has 112 valence electrons. The van der Waals surface area contributed by atoms with Gasteiger partial charge in [-0.3, -0.25) is 0 Å². The van der Waals surface area contributed by atoms with Gasteiger partial charge in [0.25, 0.3) is 0 Å². The van der Waals surface area contributed by atoms with Crippen molar-refractivity contribution in [3.05, 3.63) is 51.7 Å². The first-order chi connectivity index (χ1) is 10.1. The zero-order valence-corrected chi connectivity index (χ0v) is 13.7. The van der Waals surface area contributed by atoms with Crippen molar-refractivity contribution in [1.29, 1.82) is 0 Å². The summed E-state index contributed by atoms with van der Waals surface area (Å²) in [5.41, 5.74) is 10.4. The van der Waals surface area contributed by atoms with Crippen LogP contribution < -0.4 is 10.6 Å². The van der Waals surface area contributed by atoms with E-state index in [1.54, 1.807) is 0 Å². The van der Waals surface area contributed by atoms with E-state index in [4.69, 9.17) is 5.73 Å². The molecule has 3 rings (SSSR count). The van der Waals surface area contributed by atoms with E-state index in [0.717, 1.165) is 25.9 Å². The highest BCUT2D eigenvalue weighted by Gasteiger charge is 2.25. The molecular formula is C18H24N2S. The summed E-state index contributed by atoms with van der Waals surface area (Å²) in [4.78, 5) is 3.95. The number of thiophene rings is 1. The van der Waals surface area contributed by atoms with Gasteiger partial charge in [-0.05, 0) is 67.3 Å². The van der Waals surface area contributed by atoms with E-state index < -0.39 is 0 Å². The summed E-state index contributed by atoms with van der Waals surface area (Å²) in [6.45, 7) is 6.45. The van der Waals surface area contributed by atoms with Crippen LogP contribution in [0.4, 0.5) is 5.69 Å². The number of benzene rings is 1. The third-order valence-corrected chi connectivity index (χ3v) is 5.39. The fourth-order valence-corrected chi connectivity index (χ4v) is 4.06. The van der Waals surface area contributed by atoms with Crippen molar-refractivity contribution in [2.45, 2.75) is 32.7 Å². The summed E-state index contributed by atoms with van der Waals surface area (Å²) in [6.07, 6.45) is 2.30. The minimum absolute atomic E-state index is 0.283. The molecule has 1 aromatic heterocycles. The fraction of sp³-hybridized carbons (Fsp3) is 0.444. The molecule has 1 aliphatic heterocycles. The van der Waals surface area contributed by atoms with Crippen molar-refractivity contribution in [1.82, 2.24) is 0 Å². The summed E-state index contributed by atoms with van der Waals surface area (Å²) in [6, 6.07) is 11.4. The highest BCUT2D eigenvalue weighted by Crippen LogP contribution is 2.27. The fourth-order valence-electron chi connectivity index (χ4n) is 3.24. The van der Waals surface area contributed by atoms with E-state index in [0.29, 0.717) is 5.92 Å². The Morgan fingerprint density at radius 3 is 2.76 bits per heavy atom. The van der Waals surface area contributed by atoms with Crippen LogP contribution in [0, 0.1) is 19.8 Å². The molecule has 0 saturated carbocycles. The predicted octanol–water partition coefficient (Wildman–Crippen LogP) is 3.76. The maximum atomic E-state index is 6.31. The summed E-state index contributed by atoms with van der Waals surface area (Å²) < 4.78 is 0. The van der Waals surface area contributed by atoms with Crippen LogP contribution in [0.2, 0.25) is 0 Å². The van der Waals surface area contributed by atoms with Gasteiger partial charge < -0.3 is 10.6 Å². The summed E-state index contributed by atoms with van der Waals surface area (Å²) in [5, 5.41) is 2.17. The molecule has 3 heteroatoms. The standard InChI is InChI=1S/C18H24N2S/c1-13-5-6-17(8-14(13)2)20-11-15(9-16(19)12-20)10-18-4-3-7-21-18/h3-8,15-16H,9-12,19H2,1-2H3. The molecule has 2 nitrogen and oxygen atoms in total. The van der Waals surface area contributed by atoms with Gasteiger partial charge in [-0.15, -0.1) is 11.3 Å². The number of nitrogens with two attached hydrogens (primary N) is 1. The van der Waals surface area contributed by atoms with Gasteiger partial charge in [-0.25, -0.2) is 0 Å². The van der Waals surface area contributed by atoms with Crippen LogP contribution in [0.3, 0.4) is 0 Å². The number of rotatable bonds is 3. The van der Waals surface area contributed by atoms with Gasteiger partial charge in [0.2, 0.25) is 0 Å². The first-order valence-electron chi connectivity index (χ1n) is 7.72. The van der Waals surface area contributed by atoms with Gasteiger partial charge in [0.15, 0.2) is 0 Å². The lowest BCUT2D eigenvalue weighted by molar-refractivity contribution is 0.376. The number of hydrogen-bond acceptors (Lipinski definition) is 3. The number of nitrogens with zero attached hydrogens (tertiary/aromatic N) is 1. The van der Waals surface area contributed by atoms with E-state index in [1.807, 2.05) is 11.3 Å². The van der Waals surface area contributed by atoms with Crippen LogP contribution in [0.5, 0.6) is 0 Å². The number of hydrogen-bond donors (Lipinski definition) is 1. The van der Waals surface area contributed by atoms with Crippen LogP contribution in [0.15, 0.2) is 35.7 Å². The van der Waals surface area contributed by atoms with Gasteiger partial charge in [0, 0.05) is 29.7 Å². The van der Waals surface area contributed by atoms with Crippen molar-refractivity contribution in [2.24, 2.45) is 11.7 Å². The molecule has 0 spiro atoms. The quantitative estimate of drug-likeness (QED) is 0.935. The smallest absolute Gasteiger partial charge is 0.0369 e. The third kappa shape index (κ3) is 3.47. The van der Waals surface area contributed by atoms with Gasteiger partial charge in [-0.1, -0.05) is 12.1 Å². The highest BCUT2D eigenvalue weighted by atomic mass is 32.1. The second-order valence-electron chi connectivity index (χ2n) is 6.32. The predicted molar refractivity (Wildman–Crippen MR) is 92.2 cm³/mol. The Morgan fingerprint density at radius 1 is 1.19 bits per heavy atom. The minimum atomic E-state index is 0.283. The lowest BCUT2D eigenvalue weighted by Crippen LogP contribution is -2.47. The number of anilines is 1. The molecule has 1 fully saturated rings. The first kappa shape index (κ1) is 14.6. The van der Waals surface area contributed by atoms with E-state index >= 15 is 0 Å². The average Bonchev–Trinajstić information content (AvgIpc) is 2.94. The topological polar surface area (TPSA) is 29.3 Å². The first-order valence-corrected chi connectivity index (χ1v) is 8.60. The van der Waals surface area contributed by atoms with E-state index in [-0.39, 0.29) is 6.04 Å². The van der Waals surface area contributed by atoms with Crippen LogP contribution in [0.25, 0.3) is 0 Å². The van der Waals surface area contributed by atoms with Gasteiger partial charge in [0.05, 0.1) is 0 Å². The summed E-state index contributed by atoms with van der Waals surface area (Å²) in [7, 11) is 0. The van der Waals surface area contributed by atoms with Gasteiger partial charge in [0.1, 0.15) is 0 Å². The zero-order valence-electron chi connectivity index (χ0n) is 12.9. The number of piperidine rings is 1. The molecule has 2 heterocycles. The Morgan fingerprint density at radius 2 is 2.05 bits per heavy atom. The minimum Gasteiger partial charge on any atom is -0.370 e. The Labute approximate surface area is 131 Å². The van der Waals surface area contributed by atoms with Crippen LogP contribution in [-0.2, 0) is 6.42 Å². The Kier molecular flexibility index (Phi) is 4.32. The zero-order chi connectivity index (χ0) is 14.8. The lowest BCUT2D eigenvalue weighted by Gasteiger charge is -2.38. The molecule has 0 radical (unpaired) electrons. The summed E-state index contributed by atoms with van der Waals surface area (Å²) >= 11 is 1.86. The Hall–Kier alpha value is -1.32. The van der Waals surface area contributed by atoms with Crippen molar-refractivity contribution in [2.75, 3.05) is 18.0 Å². The largest absolute Gasteiger partial charge is 0.370 e. The second kappa shape index (κ2) is 6.20. The molecule has 0 aliphatic carbocycles. The maximum absolute atomic E-state index is 6.31. The van der Waals surface area contributed by atoms with Crippen molar-refractivity contribution in [3.8, 4) is 0 Å². The van der Waals surface area contributed by atoms with Gasteiger partial charge >= 0.3 is 0 Å². The molecule has 0 bridgehead atoms. The van der Waals surface area contributed by atoms with E-state index in [1.165, 1.54) is 21.7 Å². The SMILES string of the molecule is Cc1ccc(N2CC(N)CC(Cc3cccs3)C2)cc1C. The van der Waals surface area contributed by atoms with E-state index in [9.17, 15) is 0 Å². The van der Waals surface area contributed by atoms with Crippen LogP contribution in [0.1, 0.15) is 22.4 Å². The van der Waals surface area contributed by atoms with Crippen molar-refractivity contribution < 1.29 is 0 Å². The Bertz CT molecular complexity index is 591. The average molecular weight is 300 g/mol. The second-order valence-corrected chi connectivity index (χ2v) is 7.35. The molecular weight excluding hydrogens is 276 g/mol.